The van der Waals surface area contributed by atoms with E-state index in [4.69, 9.17) is 11.6 Å². The number of hydrogen-bond acceptors (Lipinski definition) is 3. The summed E-state index contributed by atoms with van der Waals surface area (Å²) in [6, 6.07) is 16.2. The second-order valence-corrected chi connectivity index (χ2v) is 9.54. The molecule has 29 heavy (non-hydrogen) atoms. The molecular weight excluding hydrogens is 410 g/mol. The Morgan fingerprint density at radius 1 is 1.00 bits per heavy atom. The molecule has 0 saturated carbocycles. The van der Waals surface area contributed by atoms with Gasteiger partial charge in [-0.15, -0.1) is 0 Å². The molecule has 1 fully saturated rings. The maximum atomic E-state index is 12.8. The lowest BCUT2D eigenvalue weighted by atomic mass is 10.2. The van der Waals surface area contributed by atoms with Gasteiger partial charge in [0.2, 0.25) is 15.9 Å². The van der Waals surface area contributed by atoms with Crippen molar-refractivity contribution in [3.05, 3.63) is 65.3 Å². The predicted octanol–water partition coefficient (Wildman–Crippen LogP) is 3.14. The van der Waals surface area contributed by atoms with Crippen LogP contribution in [0.2, 0.25) is 5.02 Å². The van der Waals surface area contributed by atoms with E-state index in [1.54, 1.807) is 17.0 Å². The van der Waals surface area contributed by atoms with Crippen LogP contribution < -0.4 is 0 Å². The lowest BCUT2D eigenvalue weighted by Crippen LogP contribution is -2.51. The molecule has 4 rings (SSSR count). The molecule has 0 unspecified atom stereocenters. The average Bonchev–Trinajstić information content (AvgIpc) is 3.03. The number of carbonyl (C=O) groups is 1. The third-order valence-corrected chi connectivity index (χ3v) is 7.52. The van der Waals surface area contributed by atoms with E-state index in [2.05, 4.69) is 6.07 Å². The first kappa shape index (κ1) is 19.9. The smallest absolute Gasteiger partial charge is 0.243 e. The van der Waals surface area contributed by atoms with E-state index in [0.717, 1.165) is 16.6 Å². The van der Waals surface area contributed by atoms with Gasteiger partial charge < -0.3 is 9.47 Å². The fourth-order valence-corrected chi connectivity index (χ4v) is 5.28. The van der Waals surface area contributed by atoms with Crippen molar-refractivity contribution in [1.29, 1.82) is 0 Å². The summed E-state index contributed by atoms with van der Waals surface area (Å²) in [5.74, 6) is -0.00186. The molecule has 6 nitrogen and oxygen atoms in total. The average molecular weight is 432 g/mol. The third-order valence-electron chi connectivity index (χ3n) is 5.35. The monoisotopic (exact) mass is 431 g/mol. The van der Waals surface area contributed by atoms with Gasteiger partial charge in [0.15, 0.2) is 0 Å². The number of sulfonamides is 1. The summed E-state index contributed by atoms with van der Waals surface area (Å²) in [4.78, 5) is 14.8. The Morgan fingerprint density at radius 3 is 2.34 bits per heavy atom. The molecule has 0 spiro atoms. The summed E-state index contributed by atoms with van der Waals surface area (Å²) in [5.41, 5.74) is 2.06. The van der Waals surface area contributed by atoms with Gasteiger partial charge in [-0.1, -0.05) is 29.8 Å². The molecule has 0 radical (unpaired) electrons. The Hall–Kier alpha value is -2.35. The van der Waals surface area contributed by atoms with Crippen LogP contribution in [0, 0.1) is 6.92 Å². The van der Waals surface area contributed by atoms with E-state index < -0.39 is 10.0 Å². The second kappa shape index (κ2) is 7.82. The molecular formula is C21H22ClN3O3S. The van der Waals surface area contributed by atoms with Gasteiger partial charge in [-0.3, -0.25) is 4.79 Å². The number of amides is 1. The number of benzene rings is 2. The summed E-state index contributed by atoms with van der Waals surface area (Å²) in [6.07, 6.45) is 0. The van der Waals surface area contributed by atoms with Gasteiger partial charge in [0.05, 0.1) is 4.90 Å². The Morgan fingerprint density at radius 2 is 1.66 bits per heavy atom. The molecule has 0 N–H and O–H groups in total. The van der Waals surface area contributed by atoms with Crippen LogP contribution in [0.4, 0.5) is 0 Å². The first-order valence-corrected chi connectivity index (χ1v) is 11.3. The zero-order valence-corrected chi connectivity index (χ0v) is 17.7. The fourth-order valence-electron chi connectivity index (χ4n) is 3.73. The van der Waals surface area contributed by atoms with E-state index in [1.165, 1.54) is 16.4 Å². The molecule has 2 aromatic carbocycles. The minimum absolute atomic E-state index is 0.00186. The van der Waals surface area contributed by atoms with Crippen molar-refractivity contribution in [1.82, 2.24) is 13.8 Å². The van der Waals surface area contributed by atoms with Crippen molar-refractivity contribution in [3.63, 3.8) is 0 Å². The number of piperazine rings is 1. The first-order chi connectivity index (χ1) is 13.9. The van der Waals surface area contributed by atoms with E-state index >= 15 is 0 Å². The summed E-state index contributed by atoms with van der Waals surface area (Å²) in [6.45, 7) is 3.56. The SMILES string of the molecule is Cc1cc2ccccc2n1CC(=O)N1CCN(S(=O)(=O)c2ccc(Cl)cc2)CC1. The molecule has 1 amide bonds. The number of aryl methyl sites for hydroxylation is 1. The Labute approximate surface area is 175 Å². The lowest BCUT2D eigenvalue weighted by molar-refractivity contribution is -0.132. The van der Waals surface area contributed by atoms with Crippen LogP contribution in [-0.4, -0.2) is 54.3 Å². The van der Waals surface area contributed by atoms with Crippen LogP contribution in [0.1, 0.15) is 5.69 Å². The molecule has 3 aromatic rings. The predicted molar refractivity (Wildman–Crippen MR) is 113 cm³/mol. The largest absolute Gasteiger partial charge is 0.339 e. The number of halogens is 1. The fraction of sp³-hybridized carbons (Fsp3) is 0.286. The molecule has 1 saturated heterocycles. The molecule has 2 heterocycles. The van der Waals surface area contributed by atoms with Gasteiger partial charge in [0, 0.05) is 42.4 Å². The van der Waals surface area contributed by atoms with E-state index in [-0.39, 0.29) is 30.4 Å². The van der Waals surface area contributed by atoms with Crippen molar-refractivity contribution in [2.75, 3.05) is 26.2 Å². The van der Waals surface area contributed by atoms with Gasteiger partial charge in [-0.05, 0) is 48.7 Å². The molecule has 0 atom stereocenters. The van der Waals surface area contributed by atoms with Crippen molar-refractivity contribution < 1.29 is 13.2 Å². The number of nitrogens with zero attached hydrogens (tertiary/aromatic N) is 3. The molecule has 0 aliphatic carbocycles. The van der Waals surface area contributed by atoms with Crippen LogP contribution in [0.5, 0.6) is 0 Å². The normalized spacial score (nSPS) is 15.7. The molecule has 1 aromatic heterocycles. The van der Waals surface area contributed by atoms with Gasteiger partial charge in [-0.25, -0.2) is 8.42 Å². The van der Waals surface area contributed by atoms with Crippen LogP contribution in [0.25, 0.3) is 10.9 Å². The highest BCUT2D eigenvalue weighted by Crippen LogP contribution is 2.21. The van der Waals surface area contributed by atoms with Crippen molar-refractivity contribution in [2.24, 2.45) is 0 Å². The van der Waals surface area contributed by atoms with E-state index in [1.807, 2.05) is 35.8 Å². The maximum Gasteiger partial charge on any atom is 0.243 e. The highest BCUT2D eigenvalue weighted by atomic mass is 35.5. The Bertz CT molecular complexity index is 1150. The topological polar surface area (TPSA) is 62.6 Å². The van der Waals surface area contributed by atoms with Crippen LogP contribution in [-0.2, 0) is 21.4 Å². The molecule has 1 aliphatic rings. The Balaban J connectivity index is 1.43. The van der Waals surface area contributed by atoms with E-state index in [0.29, 0.717) is 18.1 Å². The van der Waals surface area contributed by atoms with Crippen LogP contribution in [0.3, 0.4) is 0 Å². The summed E-state index contributed by atoms with van der Waals surface area (Å²) in [7, 11) is -3.58. The lowest BCUT2D eigenvalue weighted by Gasteiger charge is -2.34. The first-order valence-electron chi connectivity index (χ1n) is 9.44. The number of fused-ring (bicyclic) bond motifs is 1. The standard InChI is InChI=1S/C21H22ClN3O3S/c1-16-14-17-4-2-3-5-20(17)25(16)15-21(26)23-10-12-24(13-11-23)29(27,28)19-8-6-18(22)7-9-19/h2-9,14H,10-13,15H2,1H3. The van der Waals surface area contributed by atoms with Gasteiger partial charge in [0.25, 0.3) is 0 Å². The minimum atomic E-state index is -3.58. The molecule has 0 bridgehead atoms. The van der Waals surface area contributed by atoms with Gasteiger partial charge >= 0.3 is 0 Å². The summed E-state index contributed by atoms with van der Waals surface area (Å²) in [5, 5.41) is 1.60. The number of carbonyl (C=O) groups excluding carboxylic acids is 1. The zero-order valence-electron chi connectivity index (χ0n) is 16.1. The highest BCUT2D eigenvalue weighted by molar-refractivity contribution is 7.89. The zero-order chi connectivity index (χ0) is 20.6. The second-order valence-electron chi connectivity index (χ2n) is 7.17. The van der Waals surface area contributed by atoms with Crippen molar-refractivity contribution in [2.45, 2.75) is 18.4 Å². The molecule has 152 valence electrons. The third kappa shape index (κ3) is 3.90. The van der Waals surface area contributed by atoms with E-state index in [9.17, 15) is 13.2 Å². The number of para-hydroxylation sites is 1. The maximum absolute atomic E-state index is 12.8. The number of aromatic nitrogens is 1. The quantitative estimate of drug-likeness (QED) is 0.637. The van der Waals surface area contributed by atoms with Crippen molar-refractivity contribution >= 4 is 38.4 Å². The van der Waals surface area contributed by atoms with Gasteiger partial charge in [0.1, 0.15) is 6.54 Å². The Kier molecular flexibility index (Phi) is 5.38. The number of rotatable bonds is 4. The van der Waals surface area contributed by atoms with Gasteiger partial charge in [-0.2, -0.15) is 4.31 Å². The minimum Gasteiger partial charge on any atom is -0.339 e. The van der Waals surface area contributed by atoms with Crippen LogP contribution >= 0.6 is 11.6 Å². The molecule has 1 aliphatic heterocycles. The summed E-state index contributed by atoms with van der Waals surface area (Å²) >= 11 is 5.85. The molecule has 8 heteroatoms. The summed E-state index contributed by atoms with van der Waals surface area (Å²) < 4.78 is 29.0. The highest BCUT2D eigenvalue weighted by Gasteiger charge is 2.30. The number of hydrogen-bond donors (Lipinski definition) is 0. The van der Waals surface area contributed by atoms with Crippen molar-refractivity contribution in [3.8, 4) is 0 Å². The van der Waals surface area contributed by atoms with Crippen LogP contribution in [0.15, 0.2) is 59.5 Å².